The molecule has 17 heavy (non-hydrogen) atoms. The summed E-state index contributed by atoms with van der Waals surface area (Å²) < 4.78 is 5.50. The topological polar surface area (TPSA) is 41.5 Å². The van der Waals surface area contributed by atoms with Crippen LogP contribution in [0.25, 0.3) is 0 Å². The van der Waals surface area contributed by atoms with Gasteiger partial charge in [-0.3, -0.25) is 0 Å². The molecule has 0 unspecified atom stereocenters. The van der Waals surface area contributed by atoms with E-state index < -0.39 is 0 Å². The zero-order chi connectivity index (χ0) is 10.8. The molecule has 1 aromatic carbocycles. The van der Waals surface area contributed by atoms with Crippen LogP contribution in [0.3, 0.4) is 0 Å². The Hall–Kier alpha value is 0.830. The molecule has 0 saturated carbocycles. The van der Waals surface area contributed by atoms with E-state index in [-0.39, 0.29) is 60.1 Å². The number of aliphatic hydroxyl groups excluding tert-OH is 1. The van der Waals surface area contributed by atoms with Gasteiger partial charge in [-0.1, -0.05) is 30.3 Å². The zero-order valence-corrected chi connectivity index (χ0v) is 14.5. The summed E-state index contributed by atoms with van der Waals surface area (Å²) >= 11 is 0. The van der Waals surface area contributed by atoms with Gasteiger partial charge in [-0.2, -0.15) is 0 Å². The van der Waals surface area contributed by atoms with Crippen molar-refractivity contribution >= 4 is 0 Å². The molecule has 0 fully saturated rings. The molecule has 3 nitrogen and oxygen atoms in total. The van der Waals surface area contributed by atoms with Crippen molar-refractivity contribution in [3.63, 3.8) is 0 Å². The fourth-order valence-electron chi connectivity index (χ4n) is 1.27. The third-order valence-corrected chi connectivity index (χ3v) is 2.04. The Kier molecular flexibility index (Phi) is 17.7. The summed E-state index contributed by atoms with van der Waals surface area (Å²) in [6.07, 6.45) is 0.979. The largest absolute Gasteiger partial charge is 1.00 e. The molecule has 0 amide bonds. The smallest absolute Gasteiger partial charge is 1.00 e. The number of hydrogen-bond donors (Lipinski definition) is 2. The first-order valence-corrected chi connectivity index (χ1v) is 5.36. The second-order valence-electron chi connectivity index (χ2n) is 3.37. The molecular formula is C12H19INNaO2. The van der Waals surface area contributed by atoms with Gasteiger partial charge in [-0.25, -0.2) is 0 Å². The number of nitrogens with one attached hydrogen (secondary N) is 1. The Bertz CT molecular complexity index is 250. The number of hydrogen-bond acceptors (Lipinski definition) is 3. The quantitative estimate of drug-likeness (QED) is 0.278. The maximum absolute atomic E-state index is 8.52. The molecule has 0 aromatic heterocycles. The second-order valence-corrected chi connectivity index (χ2v) is 3.37. The number of aliphatic hydroxyl groups is 1. The monoisotopic (exact) mass is 359 g/mol. The number of benzene rings is 1. The summed E-state index contributed by atoms with van der Waals surface area (Å²) in [4.78, 5) is 0. The molecule has 2 N–H and O–H groups in total. The molecular weight excluding hydrogens is 340 g/mol. The van der Waals surface area contributed by atoms with Crippen LogP contribution in [0, 0.1) is 0 Å². The summed E-state index contributed by atoms with van der Waals surface area (Å²) in [7, 11) is 0. The molecule has 0 bridgehead atoms. The zero-order valence-electron chi connectivity index (χ0n) is 10.4. The van der Waals surface area contributed by atoms with Gasteiger partial charge in [0, 0.05) is 13.2 Å². The first-order valence-electron chi connectivity index (χ1n) is 5.36. The van der Waals surface area contributed by atoms with Gasteiger partial charge in [0.05, 0.1) is 13.2 Å². The van der Waals surface area contributed by atoms with E-state index in [0.29, 0.717) is 13.2 Å². The van der Waals surface area contributed by atoms with Gasteiger partial charge < -0.3 is 39.1 Å². The van der Waals surface area contributed by atoms with Gasteiger partial charge in [0.2, 0.25) is 0 Å². The van der Waals surface area contributed by atoms with Crippen molar-refractivity contribution < 1.29 is 63.4 Å². The third-order valence-electron chi connectivity index (χ3n) is 2.04. The molecule has 0 saturated heterocycles. The van der Waals surface area contributed by atoms with Crippen LogP contribution < -0.4 is 58.9 Å². The Morgan fingerprint density at radius 2 is 1.82 bits per heavy atom. The van der Waals surface area contributed by atoms with Crippen molar-refractivity contribution in [1.82, 2.24) is 5.32 Å². The summed E-state index contributed by atoms with van der Waals surface area (Å²) in [5.41, 5.74) is 1.21. The standard InChI is InChI=1S/C12H19NO2.HI.Na/c14-9-8-13-7-4-10-15-11-12-5-2-1-3-6-12;;/h1-3,5-6,13-14H,4,7-11H2;1H;/q;;+1/p-1. The van der Waals surface area contributed by atoms with Crippen molar-refractivity contribution in [2.45, 2.75) is 13.0 Å². The summed E-state index contributed by atoms with van der Waals surface area (Å²) in [5, 5.41) is 11.6. The van der Waals surface area contributed by atoms with Crippen LogP contribution in [-0.2, 0) is 11.3 Å². The van der Waals surface area contributed by atoms with Gasteiger partial charge in [0.15, 0.2) is 0 Å². The molecule has 0 heterocycles. The average molecular weight is 359 g/mol. The molecule has 1 rings (SSSR count). The van der Waals surface area contributed by atoms with Gasteiger partial charge in [0.25, 0.3) is 0 Å². The minimum atomic E-state index is 0. The van der Waals surface area contributed by atoms with Crippen molar-refractivity contribution in [1.29, 1.82) is 0 Å². The predicted molar refractivity (Wildman–Crippen MR) is 60.7 cm³/mol. The number of halogens is 1. The minimum absolute atomic E-state index is 0. The van der Waals surface area contributed by atoms with E-state index in [9.17, 15) is 0 Å². The summed E-state index contributed by atoms with van der Waals surface area (Å²) in [6, 6.07) is 10.2. The molecule has 0 atom stereocenters. The summed E-state index contributed by atoms with van der Waals surface area (Å²) in [5.74, 6) is 0. The van der Waals surface area contributed by atoms with Gasteiger partial charge in [0.1, 0.15) is 0 Å². The maximum atomic E-state index is 8.52. The van der Waals surface area contributed by atoms with Gasteiger partial charge in [-0.15, -0.1) is 0 Å². The second kappa shape index (κ2) is 14.9. The molecule has 0 aliphatic rings. The van der Waals surface area contributed by atoms with Crippen LogP contribution in [-0.4, -0.2) is 31.4 Å². The molecule has 92 valence electrons. The van der Waals surface area contributed by atoms with E-state index in [1.807, 2.05) is 18.2 Å². The van der Waals surface area contributed by atoms with Crippen molar-refractivity contribution in [2.75, 3.05) is 26.3 Å². The number of rotatable bonds is 8. The SMILES string of the molecule is OCCNCCCOCc1ccccc1.[I-].[Na+]. The maximum Gasteiger partial charge on any atom is 1.00 e. The first kappa shape index (κ1) is 20.2. The molecule has 5 heteroatoms. The number of ether oxygens (including phenoxy) is 1. The minimum Gasteiger partial charge on any atom is -1.00 e. The van der Waals surface area contributed by atoms with Crippen molar-refractivity contribution in [3.05, 3.63) is 35.9 Å². The van der Waals surface area contributed by atoms with Crippen LogP contribution in [0.5, 0.6) is 0 Å². The van der Waals surface area contributed by atoms with E-state index >= 15 is 0 Å². The van der Waals surface area contributed by atoms with Crippen LogP contribution in [0.4, 0.5) is 0 Å². The Morgan fingerprint density at radius 1 is 1.12 bits per heavy atom. The molecule has 0 aliphatic heterocycles. The third kappa shape index (κ3) is 11.6. The van der Waals surface area contributed by atoms with Gasteiger partial charge >= 0.3 is 29.6 Å². The molecule has 0 spiro atoms. The van der Waals surface area contributed by atoms with Crippen LogP contribution in [0.2, 0.25) is 0 Å². The van der Waals surface area contributed by atoms with E-state index in [4.69, 9.17) is 9.84 Å². The summed E-state index contributed by atoms with van der Waals surface area (Å²) in [6.45, 7) is 3.20. The Balaban J connectivity index is 0. The Labute approximate surface area is 143 Å². The van der Waals surface area contributed by atoms with E-state index in [2.05, 4.69) is 17.4 Å². The predicted octanol–water partition coefficient (Wildman–Crippen LogP) is -4.82. The van der Waals surface area contributed by atoms with E-state index in [0.717, 1.165) is 19.6 Å². The fourth-order valence-corrected chi connectivity index (χ4v) is 1.27. The van der Waals surface area contributed by atoms with Crippen LogP contribution in [0.1, 0.15) is 12.0 Å². The van der Waals surface area contributed by atoms with E-state index in [1.54, 1.807) is 0 Å². The molecule has 0 aliphatic carbocycles. The van der Waals surface area contributed by atoms with Crippen molar-refractivity contribution in [3.8, 4) is 0 Å². The van der Waals surface area contributed by atoms with Gasteiger partial charge in [-0.05, 0) is 18.5 Å². The van der Waals surface area contributed by atoms with Crippen LogP contribution >= 0.6 is 0 Å². The normalized spacial score (nSPS) is 9.24. The average Bonchev–Trinajstić information content (AvgIpc) is 2.29. The van der Waals surface area contributed by atoms with Crippen molar-refractivity contribution in [2.24, 2.45) is 0 Å². The fraction of sp³-hybridized carbons (Fsp3) is 0.500. The first-order chi connectivity index (χ1) is 7.43. The van der Waals surface area contributed by atoms with E-state index in [1.165, 1.54) is 5.56 Å². The Morgan fingerprint density at radius 3 is 2.47 bits per heavy atom. The molecule has 0 radical (unpaired) electrons. The van der Waals surface area contributed by atoms with Crippen LogP contribution in [0.15, 0.2) is 30.3 Å². The molecule has 1 aromatic rings.